The summed E-state index contributed by atoms with van der Waals surface area (Å²) in [6, 6.07) is 10.8. The number of nitro benzene ring substituents is 1. The Balaban J connectivity index is 2.04. The smallest absolute Gasteiger partial charge is 0.295 e. The fraction of sp³-hybridized carbons (Fsp3) is 0.0625. The largest absolute Gasteiger partial charge is 0.449 e. The molecular formula is C16H12ClN3O4. The Bertz CT molecular complexity index is 967. The zero-order chi connectivity index (χ0) is 17.4. The van der Waals surface area contributed by atoms with Crippen molar-refractivity contribution in [1.29, 1.82) is 0 Å². The number of nitrogens with zero attached hydrogens (tertiary/aromatic N) is 2. The number of carbonyl (C=O) groups excluding carboxylic acids is 1. The third-order valence-electron chi connectivity index (χ3n) is 3.63. The highest BCUT2D eigenvalue weighted by Gasteiger charge is 2.25. The predicted molar refractivity (Wildman–Crippen MR) is 91.5 cm³/mol. The standard InChI is InChI=1S/C16H12ClN3O4/c1-19(12-8-9(20(22)23)6-7-11(12)17)16(21)15-14(18)10-4-2-3-5-13(10)24-15/h2-8H,18H2,1H3. The van der Waals surface area contributed by atoms with Crippen LogP contribution in [0.15, 0.2) is 46.9 Å². The minimum Gasteiger partial charge on any atom is -0.449 e. The molecular weight excluding hydrogens is 334 g/mol. The summed E-state index contributed by atoms with van der Waals surface area (Å²) in [4.78, 5) is 24.2. The van der Waals surface area contributed by atoms with Crippen molar-refractivity contribution in [1.82, 2.24) is 0 Å². The van der Waals surface area contributed by atoms with E-state index in [0.29, 0.717) is 11.0 Å². The molecule has 3 rings (SSSR count). The number of benzene rings is 2. The number of fused-ring (bicyclic) bond motifs is 1. The number of amides is 1. The molecule has 0 atom stereocenters. The SMILES string of the molecule is CN(C(=O)c1oc2ccccc2c1N)c1cc([N+](=O)[O-])ccc1Cl. The van der Waals surface area contributed by atoms with E-state index in [-0.39, 0.29) is 27.8 Å². The molecule has 0 bridgehead atoms. The number of carbonyl (C=O) groups is 1. The molecule has 7 nitrogen and oxygen atoms in total. The van der Waals surface area contributed by atoms with E-state index in [4.69, 9.17) is 21.8 Å². The Labute approximate surface area is 141 Å². The van der Waals surface area contributed by atoms with Gasteiger partial charge in [-0.1, -0.05) is 23.7 Å². The van der Waals surface area contributed by atoms with E-state index < -0.39 is 10.8 Å². The van der Waals surface area contributed by atoms with E-state index in [1.807, 2.05) is 0 Å². The zero-order valence-electron chi connectivity index (χ0n) is 12.5. The number of nitro groups is 1. The van der Waals surface area contributed by atoms with Crippen molar-refractivity contribution in [2.24, 2.45) is 0 Å². The first-order chi connectivity index (χ1) is 11.4. The van der Waals surface area contributed by atoms with Crippen molar-refractivity contribution in [2.45, 2.75) is 0 Å². The lowest BCUT2D eigenvalue weighted by atomic mass is 10.2. The molecule has 3 aromatic rings. The molecule has 1 heterocycles. The van der Waals surface area contributed by atoms with Crippen LogP contribution in [0.1, 0.15) is 10.6 Å². The Hall–Kier alpha value is -3.06. The van der Waals surface area contributed by atoms with E-state index in [1.165, 1.54) is 30.1 Å². The molecule has 1 aromatic heterocycles. The van der Waals surface area contributed by atoms with Gasteiger partial charge in [-0.05, 0) is 18.2 Å². The minimum absolute atomic E-state index is 0.0405. The first-order valence-electron chi connectivity index (χ1n) is 6.89. The number of anilines is 2. The van der Waals surface area contributed by atoms with Crippen molar-refractivity contribution in [3.63, 3.8) is 0 Å². The maximum atomic E-state index is 12.7. The third kappa shape index (κ3) is 2.55. The van der Waals surface area contributed by atoms with E-state index in [2.05, 4.69) is 0 Å². The van der Waals surface area contributed by atoms with Crippen LogP contribution in [0.25, 0.3) is 11.0 Å². The van der Waals surface area contributed by atoms with E-state index in [0.717, 1.165) is 0 Å². The number of furan rings is 1. The Morgan fingerprint density at radius 1 is 1.29 bits per heavy atom. The number of non-ortho nitro benzene ring substituents is 1. The summed E-state index contributed by atoms with van der Waals surface area (Å²) in [7, 11) is 1.44. The van der Waals surface area contributed by atoms with Crippen LogP contribution in [0.5, 0.6) is 0 Å². The molecule has 0 fully saturated rings. The minimum atomic E-state index is -0.562. The van der Waals surface area contributed by atoms with Crippen LogP contribution < -0.4 is 10.6 Å². The molecule has 2 aromatic carbocycles. The summed E-state index contributed by atoms with van der Waals surface area (Å²) in [5.74, 6) is -0.590. The van der Waals surface area contributed by atoms with Gasteiger partial charge in [-0.2, -0.15) is 0 Å². The number of rotatable bonds is 3. The van der Waals surface area contributed by atoms with E-state index in [1.54, 1.807) is 24.3 Å². The van der Waals surface area contributed by atoms with Gasteiger partial charge in [0.15, 0.2) is 0 Å². The Morgan fingerprint density at radius 2 is 2.00 bits per heavy atom. The van der Waals surface area contributed by atoms with Gasteiger partial charge < -0.3 is 15.1 Å². The number of para-hydroxylation sites is 1. The van der Waals surface area contributed by atoms with E-state index in [9.17, 15) is 14.9 Å². The number of hydrogen-bond acceptors (Lipinski definition) is 5. The van der Waals surface area contributed by atoms with Gasteiger partial charge in [-0.25, -0.2) is 0 Å². The van der Waals surface area contributed by atoms with Crippen LogP contribution in [-0.2, 0) is 0 Å². The second-order valence-electron chi connectivity index (χ2n) is 5.10. The molecule has 0 saturated carbocycles. The Kier molecular flexibility index (Phi) is 3.86. The highest BCUT2D eigenvalue weighted by molar-refractivity contribution is 6.34. The Morgan fingerprint density at radius 3 is 2.67 bits per heavy atom. The van der Waals surface area contributed by atoms with Crippen molar-refractivity contribution in [2.75, 3.05) is 17.7 Å². The lowest BCUT2D eigenvalue weighted by molar-refractivity contribution is -0.384. The fourth-order valence-electron chi connectivity index (χ4n) is 2.36. The average molecular weight is 346 g/mol. The summed E-state index contributed by atoms with van der Waals surface area (Å²) >= 11 is 6.07. The number of nitrogen functional groups attached to an aromatic ring is 1. The summed E-state index contributed by atoms with van der Waals surface area (Å²) < 4.78 is 5.53. The number of hydrogen-bond donors (Lipinski definition) is 1. The molecule has 0 aliphatic carbocycles. The molecule has 2 N–H and O–H groups in total. The number of nitrogens with two attached hydrogens (primary N) is 1. The van der Waals surface area contributed by atoms with Crippen LogP contribution in [0.3, 0.4) is 0 Å². The lowest BCUT2D eigenvalue weighted by Gasteiger charge is -2.17. The van der Waals surface area contributed by atoms with Crippen molar-refractivity contribution < 1.29 is 14.1 Å². The van der Waals surface area contributed by atoms with Gasteiger partial charge in [0.25, 0.3) is 11.6 Å². The van der Waals surface area contributed by atoms with Gasteiger partial charge in [-0.3, -0.25) is 14.9 Å². The quantitative estimate of drug-likeness (QED) is 0.573. The van der Waals surface area contributed by atoms with Crippen LogP contribution >= 0.6 is 11.6 Å². The predicted octanol–water partition coefficient (Wildman–Crippen LogP) is 3.85. The highest BCUT2D eigenvalue weighted by atomic mass is 35.5. The molecule has 122 valence electrons. The summed E-state index contributed by atoms with van der Waals surface area (Å²) in [5.41, 5.74) is 6.70. The van der Waals surface area contributed by atoms with Gasteiger partial charge in [-0.15, -0.1) is 0 Å². The third-order valence-corrected chi connectivity index (χ3v) is 3.95. The van der Waals surface area contributed by atoms with Gasteiger partial charge in [0.2, 0.25) is 5.76 Å². The summed E-state index contributed by atoms with van der Waals surface area (Å²) in [6.45, 7) is 0. The zero-order valence-corrected chi connectivity index (χ0v) is 13.3. The first kappa shape index (κ1) is 15.8. The topological polar surface area (TPSA) is 103 Å². The van der Waals surface area contributed by atoms with Crippen molar-refractivity contribution >= 4 is 45.5 Å². The molecule has 0 aliphatic heterocycles. The summed E-state index contributed by atoms with van der Waals surface area (Å²) in [5, 5.41) is 11.7. The van der Waals surface area contributed by atoms with E-state index >= 15 is 0 Å². The molecule has 0 saturated heterocycles. The molecule has 1 amide bonds. The highest BCUT2D eigenvalue weighted by Crippen LogP contribution is 2.33. The van der Waals surface area contributed by atoms with Crippen molar-refractivity contribution in [3.05, 3.63) is 63.4 Å². The molecule has 0 radical (unpaired) electrons. The fourth-order valence-corrected chi connectivity index (χ4v) is 2.60. The molecule has 0 aliphatic rings. The van der Waals surface area contributed by atoms with Crippen LogP contribution in [0.4, 0.5) is 17.1 Å². The van der Waals surface area contributed by atoms with Gasteiger partial charge in [0.1, 0.15) is 5.58 Å². The second kappa shape index (κ2) is 5.86. The average Bonchev–Trinajstić information content (AvgIpc) is 2.91. The van der Waals surface area contributed by atoms with Crippen LogP contribution in [0.2, 0.25) is 5.02 Å². The molecule has 24 heavy (non-hydrogen) atoms. The maximum Gasteiger partial charge on any atom is 0.295 e. The lowest BCUT2D eigenvalue weighted by Crippen LogP contribution is -2.26. The molecule has 8 heteroatoms. The molecule has 0 spiro atoms. The van der Waals surface area contributed by atoms with Crippen LogP contribution in [0, 0.1) is 10.1 Å². The monoisotopic (exact) mass is 345 g/mol. The van der Waals surface area contributed by atoms with Crippen LogP contribution in [-0.4, -0.2) is 17.9 Å². The second-order valence-corrected chi connectivity index (χ2v) is 5.51. The van der Waals surface area contributed by atoms with Crippen molar-refractivity contribution in [3.8, 4) is 0 Å². The normalized spacial score (nSPS) is 10.8. The first-order valence-corrected chi connectivity index (χ1v) is 7.27. The van der Waals surface area contributed by atoms with Gasteiger partial charge in [0, 0.05) is 24.6 Å². The maximum absolute atomic E-state index is 12.7. The number of halogens is 1. The van der Waals surface area contributed by atoms with Gasteiger partial charge >= 0.3 is 0 Å². The van der Waals surface area contributed by atoms with Gasteiger partial charge in [0.05, 0.1) is 21.3 Å². The molecule has 0 unspecified atom stereocenters. The summed E-state index contributed by atoms with van der Waals surface area (Å²) in [6.07, 6.45) is 0.